The van der Waals surface area contributed by atoms with E-state index in [-0.39, 0.29) is 16.8 Å². The number of ketones is 1. The lowest BCUT2D eigenvalue weighted by molar-refractivity contribution is 0.102. The van der Waals surface area contributed by atoms with Crippen LogP contribution in [0.3, 0.4) is 0 Å². The molecule has 0 amide bonds. The van der Waals surface area contributed by atoms with E-state index in [1.165, 1.54) is 11.3 Å². The maximum atomic E-state index is 12.0. The molecule has 0 bridgehead atoms. The Kier molecular flexibility index (Phi) is 4.97. The highest BCUT2D eigenvalue weighted by molar-refractivity contribution is 9.12. The van der Waals surface area contributed by atoms with E-state index in [0.717, 1.165) is 33.3 Å². The quantitative estimate of drug-likeness (QED) is 0.712. The van der Waals surface area contributed by atoms with Crippen molar-refractivity contribution in [1.29, 1.82) is 0 Å². The fraction of sp³-hybridized carbons (Fsp3) is 0.545. The summed E-state index contributed by atoms with van der Waals surface area (Å²) in [5.41, 5.74) is 0.647. The molecule has 0 aliphatic heterocycles. The highest BCUT2D eigenvalue weighted by Crippen LogP contribution is 2.32. The van der Waals surface area contributed by atoms with Crippen LogP contribution in [0.1, 0.15) is 36.0 Å². The predicted molar refractivity (Wildman–Crippen MR) is 79.3 cm³/mol. The highest BCUT2D eigenvalue weighted by Gasteiger charge is 2.24. The summed E-state index contributed by atoms with van der Waals surface area (Å²) in [5, 5.41) is 0.236. The lowest BCUT2D eigenvalue weighted by Crippen LogP contribution is -2.19. The molecule has 17 heavy (non-hydrogen) atoms. The minimum atomic E-state index is -1.01. The van der Waals surface area contributed by atoms with Crippen molar-refractivity contribution in [1.82, 2.24) is 0 Å². The van der Waals surface area contributed by atoms with Crippen LogP contribution >= 0.6 is 43.2 Å². The smallest absolute Gasteiger partial charge is 0.177 e. The average molecular weight is 400 g/mol. The normalized spacial score (nSPS) is 18.5. The average Bonchev–Trinajstić information content (AvgIpc) is 2.87. The second-order valence-electron chi connectivity index (χ2n) is 4.09. The third kappa shape index (κ3) is 3.49. The van der Waals surface area contributed by atoms with Crippen molar-refractivity contribution in [2.45, 2.75) is 30.9 Å². The number of hydrogen-bond donors (Lipinski definition) is 0. The van der Waals surface area contributed by atoms with E-state index >= 15 is 0 Å². The summed E-state index contributed by atoms with van der Waals surface area (Å²) in [7, 11) is -1.01. The number of rotatable bonds is 4. The van der Waals surface area contributed by atoms with Gasteiger partial charge in [-0.1, -0.05) is 12.8 Å². The second kappa shape index (κ2) is 6.08. The van der Waals surface area contributed by atoms with E-state index in [1.807, 2.05) is 0 Å². The molecule has 1 saturated carbocycles. The molecule has 0 radical (unpaired) electrons. The largest absolute Gasteiger partial charge is 0.293 e. The van der Waals surface area contributed by atoms with Crippen molar-refractivity contribution in [3.63, 3.8) is 0 Å². The van der Waals surface area contributed by atoms with Gasteiger partial charge in [0.05, 0.1) is 13.3 Å². The summed E-state index contributed by atoms with van der Waals surface area (Å²) in [4.78, 5) is 12.0. The van der Waals surface area contributed by atoms with Gasteiger partial charge >= 0.3 is 0 Å². The van der Waals surface area contributed by atoms with Gasteiger partial charge in [0.1, 0.15) is 0 Å². The summed E-state index contributed by atoms with van der Waals surface area (Å²) in [6, 6.07) is 1.79. The Labute approximate surface area is 124 Å². The maximum Gasteiger partial charge on any atom is 0.177 e. The molecule has 1 aromatic heterocycles. The summed E-state index contributed by atoms with van der Waals surface area (Å²) >= 11 is 8.17. The first-order chi connectivity index (χ1) is 8.08. The van der Waals surface area contributed by atoms with Crippen LogP contribution < -0.4 is 0 Å². The number of hydrogen-bond acceptors (Lipinski definition) is 3. The molecule has 94 valence electrons. The van der Waals surface area contributed by atoms with Crippen molar-refractivity contribution in [3.8, 4) is 0 Å². The number of carbonyl (C=O) groups excluding carboxylic acids is 1. The molecule has 1 fully saturated rings. The fourth-order valence-corrected chi connectivity index (χ4v) is 6.37. The Morgan fingerprint density at radius 2 is 2.06 bits per heavy atom. The van der Waals surface area contributed by atoms with Crippen LogP contribution in [0.25, 0.3) is 0 Å². The molecule has 0 N–H and O–H groups in total. The molecule has 1 aliphatic carbocycles. The van der Waals surface area contributed by atoms with Gasteiger partial charge < -0.3 is 0 Å². The third-order valence-corrected chi connectivity index (χ3v) is 7.01. The lowest BCUT2D eigenvalue weighted by atomic mass is 10.2. The zero-order chi connectivity index (χ0) is 12.4. The van der Waals surface area contributed by atoms with E-state index in [1.54, 1.807) is 6.07 Å². The topological polar surface area (TPSA) is 34.1 Å². The molecule has 0 aromatic carbocycles. The van der Waals surface area contributed by atoms with Crippen molar-refractivity contribution in [2.24, 2.45) is 0 Å². The summed E-state index contributed by atoms with van der Waals surface area (Å²) in [6.07, 6.45) is 4.32. The lowest BCUT2D eigenvalue weighted by Gasteiger charge is -2.07. The van der Waals surface area contributed by atoms with Crippen molar-refractivity contribution in [3.05, 3.63) is 19.2 Å². The first-order valence-electron chi connectivity index (χ1n) is 5.43. The Hall–Kier alpha value is 0.480. The van der Waals surface area contributed by atoms with Crippen LogP contribution in [-0.4, -0.2) is 21.0 Å². The molecular weight excluding hydrogens is 388 g/mol. The molecule has 0 spiro atoms. The van der Waals surface area contributed by atoms with Crippen molar-refractivity contribution in [2.75, 3.05) is 5.75 Å². The minimum Gasteiger partial charge on any atom is -0.293 e. The SMILES string of the molecule is O=C(CS(=O)C1CCCC1)c1cc(Br)sc1Br. The van der Waals surface area contributed by atoms with Crippen molar-refractivity contribution < 1.29 is 9.00 Å². The summed E-state index contributed by atoms with van der Waals surface area (Å²) in [6.45, 7) is 0. The third-order valence-electron chi connectivity index (χ3n) is 2.90. The molecule has 1 heterocycles. The van der Waals surface area contributed by atoms with Gasteiger partial charge in [-0.15, -0.1) is 11.3 Å². The van der Waals surface area contributed by atoms with Crippen LogP contribution in [0.4, 0.5) is 0 Å². The second-order valence-corrected chi connectivity index (χ2v) is 9.56. The van der Waals surface area contributed by atoms with Crippen LogP contribution in [0.5, 0.6) is 0 Å². The monoisotopic (exact) mass is 398 g/mol. The van der Waals surface area contributed by atoms with Gasteiger partial charge in [-0.05, 0) is 50.8 Å². The zero-order valence-electron chi connectivity index (χ0n) is 9.08. The van der Waals surface area contributed by atoms with Gasteiger partial charge in [-0.2, -0.15) is 0 Å². The standard InChI is InChI=1S/C11H12Br2O2S2/c12-10-5-8(11(13)16-10)9(14)6-17(15)7-3-1-2-4-7/h5,7H,1-4,6H2. The molecule has 1 atom stereocenters. The van der Waals surface area contributed by atoms with Gasteiger partial charge in [0.15, 0.2) is 5.78 Å². The predicted octanol–water partition coefficient (Wildman–Crippen LogP) is 4.15. The zero-order valence-corrected chi connectivity index (χ0v) is 13.9. The van der Waals surface area contributed by atoms with Gasteiger partial charge in [-0.3, -0.25) is 9.00 Å². The maximum absolute atomic E-state index is 12.0. The van der Waals surface area contributed by atoms with Crippen LogP contribution in [0, 0.1) is 0 Å². The van der Waals surface area contributed by atoms with E-state index in [4.69, 9.17) is 0 Å². The van der Waals surface area contributed by atoms with Gasteiger partial charge in [-0.25, -0.2) is 0 Å². The van der Waals surface area contributed by atoms with Crippen LogP contribution in [0.2, 0.25) is 0 Å². The van der Waals surface area contributed by atoms with Gasteiger partial charge in [0.2, 0.25) is 0 Å². The Morgan fingerprint density at radius 3 is 2.59 bits per heavy atom. The first-order valence-corrected chi connectivity index (χ1v) is 9.21. The number of Topliss-reactive ketones (excluding diaryl/α,β-unsaturated/α-hetero) is 1. The molecule has 1 aromatic rings. The number of thiophene rings is 1. The minimum absolute atomic E-state index is 0.0240. The van der Waals surface area contributed by atoms with E-state index in [9.17, 15) is 9.00 Å². The molecule has 6 heteroatoms. The number of carbonyl (C=O) groups is 1. The summed E-state index contributed by atoms with van der Waals surface area (Å²) in [5.74, 6) is 0.135. The number of halogens is 2. The Bertz CT molecular complexity index is 450. The Morgan fingerprint density at radius 1 is 1.41 bits per heavy atom. The molecule has 1 unspecified atom stereocenters. The van der Waals surface area contributed by atoms with Crippen LogP contribution in [-0.2, 0) is 10.8 Å². The molecular formula is C11H12Br2O2S2. The van der Waals surface area contributed by atoms with Gasteiger partial charge in [0, 0.05) is 21.6 Å². The Balaban J connectivity index is 2.01. The molecule has 2 nitrogen and oxygen atoms in total. The molecule has 2 rings (SSSR count). The van der Waals surface area contributed by atoms with E-state index < -0.39 is 10.8 Å². The summed E-state index contributed by atoms with van der Waals surface area (Å²) < 4.78 is 13.7. The van der Waals surface area contributed by atoms with Crippen molar-refractivity contribution >= 4 is 59.8 Å². The van der Waals surface area contributed by atoms with E-state index in [0.29, 0.717) is 5.56 Å². The highest BCUT2D eigenvalue weighted by atomic mass is 79.9. The first kappa shape index (κ1) is 13.9. The molecule has 0 saturated heterocycles. The van der Waals surface area contributed by atoms with Gasteiger partial charge in [0.25, 0.3) is 0 Å². The molecule has 1 aliphatic rings. The van der Waals surface area contributed by atoms with Crippen LogP contribution in [0.15, 0.2) is 13.6 Å². The fourth-order valence-electron chi connectivity index (χ4n) is 2.01. The van der Waals surface area contributed by atoms with E-state index in [2.05, 4.69) is 31.9 Å².